The van der Waals surface area contributed by atoms with Crippen molar-refractivity contribution in [1.29, 1.82) is 0 Å². The van der Waals surface area contributed by atoms with Crippen LogP contribution in [0.2, 0.25) is 0 Å². The summed E-state index contributed by atoms with van der Waals surface area (Å²) in [4.78, 5) is 38.2. The van der Waals surface area contributed by atoms with E-state index in [0.717, 1.165) is 33.5 Å². The summed E-state index contributed by atoms with van der Waals surface area (Å²) in [6, 6.07) is 7.49. The Hall–Kier alpha value is -3.81. The van der Waals surface area contributed by atoms with Crippen LogP contribution in [0, 0.1) is 13.8 Å². The van der Waals surface area contributed by atoms with Gasteiger partial charge < -0.3 is 9.88 Å². The zero-order chi connectivity index (χ0) is 21.4. The van der Waals surface area contributed by atoms with Crippen LogP contribution in [0.25, 0.3) is 22.3 Å². The lowest BCUT2D eigenvalue weighted by molar-refractivity contribution is 0.0821. The van der Waals surface area contributed by atoms with Crippen molar-refractivity contribution in [2.45, 2.75) is 20.3 Å². The van der Waals surface area contributed by atoms with Crippen molar-refractivity contribution in [1.82, 2.24) is 30.0 Å². The van der Waals surface area contributed by atoms with E-state index in [1.165, 1.54) is 4.90 Å². The highest BCUT2D eigenvalue weighted by Crippen LogP contribution is 2.24. The minimum Gasteiger partial charge on any atom is -0.343 e. The molecule has 0 aromatic carbocycles. The molecule has 0 aliphatic heterocycles. The highest BCUT2D eigenvalue weighted by atomic mass is 16.2. The third-order valence-corrected chi connectivity index (χ3v) is 5.10. The quantitative estimate of drug-likeness (QED) is 0.499. The Kier molecular flexibility index (Phi) is 4.91. The number of aromatic amines is 2. The van der Waals surface area contributed by atoms with Crippen molar-refractivity contribution in [2.24, 2.45) is 0 Å². The fourth-order valence-corrected chi connectivity index (χ4v) is 3.28. The number of hydrogen-bond acceptors (Lipinski definition) is 5. The van der Waals surface area contributed by atoms with Crippen LogP contribution in [0.1, 0.15) is 37.8 Å². The van der Waals surface area contributed by atoms with E-state index >= 15 is 0 Å². The van der Waals surface area contributed by atoms with E-state index in [-0.39, 0.29) is 18.1 Å². The van der Waals surface area contributed by atoms with Crippen molar-refractivity contribution in [3.63, 3.8) is 0 Å². The molecule has 0 aliphatic rings. The molecule has 0 fully saturated rings. The maximum Gasteiger partial charge on any atom is 0.271 e. The summed E-state index contributed by atoms with van der Waals surface area (Å²) in [6.45, 7) is 3.78. The van der Waals surface area contributed by atoms with E-state index < -0.39 is 0 Å². The smallest absolute Gasteiger partial charge is 0.271 e. The second kappa shape index (κ2) is 7.55. The molecular formula is C22H22N6O2. The first-order valence-corrected chi connectivity index (χ1v) is 9.54. The van der Waals surface area contributed by atoms with Gasteiger partial charge in [0.15, 0.2) is 5.78 Å². The summed E-state index contributed by atoms with van der Waals surface area (Å²) in [6.07, 6.45) is 3.54. The molecule has 0 saturated carbocycles. The molecule has 4 heterocycles. The van der Waals surface area contributed by atoms with Gasteiger partial charge in [0.1, 0.15) is 17.0 Å². The average molecular weight is 402 g/mol. The summed E-state index contributed by atoms with van der Waals surface area (Å²) in [5, 5.41) is 7.86. The maximum atomic E-state index is 12.6. The lowest BCUT2D eigenvalue weighted by Crippen LogP contribution is -2.22. The molecule has 152 valence electrons. The summed E-state index contributed by atoms with van der Waals surface area (Å²) < 4.78 is 0. The number of hydrogen-bond donors (Lipinski definition) is 2. The van der Waals surface area contributed by atoms with Crippen LogP contribution < -0.4 is 0 Å². The third-order valence-electron chi connectivity index (χ3n) is 5.10. The van der Waals surface area contributed by atoms with Gasteiger partial charge in [-0.25, -0.2) is 4.98 Å². The van der Waals surface area contributed by atoms with Gasteiger partial charge in [-0.05, 0) is 43.7 Å². The van der Waals surface area contributed by atoms with E-state index in [2.05, 4.69) is 25.1 Å². The summed E-state index contributed by atoms with van der Waals surface area (Å²) in [7, 11) is 3.39. The number of aryl methyl sites for hydroxylation is 1. The molecule has 0 spiro atoms. The molecule has 0 saturated heterocycles. The van der Waals surface area contributed by atoms with Crippen molar-refractivity contribution in [2.75, 3.05) is 14.1 Å². The number of nitrogens with zero attached hydrogens (tertiary/aromatic N) is 4. The standard InChI is InChI=1S/C22H22N6O2/c1-12-13(2)26-27-20(12)19(29)8-14-7-16-10-17(25-21(16)24-11-14)15-5-6-23-18(9-15)22(30)28(3)4/h5-7,9-11H,8H2,1-4H3,(H,24,25)(H,26,27). The zero-order valence-electron chi connectivity index (χ0n) is 17.3. The fourth-order valence-electron chi connectivity index (χ4n) is 3.28. The first-order valence-electron chi connectivity index (χ1n) is 9.54. The van der Waals surface area contributed by atoms with Crippen molar-refractivity contribution >= 4 is 22.7 Å². The van der Waals surface area contributed by atoms with E-state index in [0.29, 0.717) is 17.0 Å². The molecule has 0 aliphatic carbocycles. The molecule has 4 aromatic heterocycles. The van der Waals surface area contributed by atoms with Gasteiger partial charge in [0, 0.05) is 60.8 Å². The second-order valence-corrected chi connectivity index (χ2v) is 7.52. The Morgan fingerprint density at radius 3 is 2.60 bits per heavy atom. The van der Waals surface area contributed by atoms with Gasteiger partial charge in [-0.15, -0.1) is 0 Å². The van der Waals surface area contributed by atoms with Crippen LogP contribution in [0.4, 0.5) is 0 Å². The number of nitrogens with one attached hydrogen (secondary N) is 2. The van der Waals surface area contributed by atoms with Crippen molar-refractivity contribution < 1.29 is 9.59 Å². The van der Waals surface area contributed by atoms with Crippen LogP contribution in [-0.2, 0) is 6.42 Å². The number of amides is 1. The van der Waals surface area contributed by atoms with Crippen LogP contribution in [0.5, 0.6) is 0 Å². The van der Waals surface area contributed by atoms with Gasteiger partial charge >= 0.3 is 0 Å². The Morgan fingerprint density at radius 1 is 1.10 bits per heavy atom. The van der Waals surface area contributed by atoms with E-state index in [4.69, 9.17) is 0 Å². The van der Waals surface area contributed by atoms with E-state index in [9.17, 15) is 9.59 Å². The molecule has 0 bridgehead atoms. The maximum absolute atomic E-state index is 12.6. The number of ketones is 1. The van der Waals surface area contributed by atoms with Gasteiger partial charge in [0.25, 0.3) is 5.91 Å². The van der Waals surface area contributed by atoms with Gasteiger partial charge in [0.2, 0.25) is 0 Å². The molecule has 8 heteroatoms. The molecule has 8 nitrogen and oxygen atoms in total. The summed E-state index contributed by atoms with van der Waals surface area (Å²) in [5.41, 5.74) is 5.81. The predicted octanol–water partition coefficient (Wildman–Crippen LogP) is 3.09. The minimum absolute atomic E-state index is 0.0465. The fraction of sp³-hybridized carbons (Fsp3) is 0.227. The van der Waals surface area contributed by atoms with Crippen LogP contribution in [0.15, 0.2) is 36.7 Å². The summed E-state index contributed by atoms with van der Waals surface area (Å²) >= 11 is 0. The van der Waals surface area contributed by atoms with E-state index in [1.54, 1.807) is 32.6 Å². The lowest BCUT2D eigenvalue weighted by Gasteiger charge is -2.09. The lowest BCUT2D eigenvalue weighted by atomic mass is 10.0. The largest absolute Gasteiger partial charge is 0.343 e. The molecule has 4 rings (SSSR count). The molecule has 2 N–H and O–H groups in total. The number of H-pyrrole nitrogens is 2. The zero-order valence-corrected chi connectivity index (χ0v) is 17.3. The van der Waals surface area contributed by atoms with Crippen LogP contribution in [0.3, 0.4) is 0 Å². The number of pyridine rings is 2. The number of carbonyl (C=O) groups excluding carboxylic acids is 2. The minimum atomic E-state index is -0.157. The van der Waals surface area contributed by atoms with Crippen LogP contribution >= 0.6 is 0 Å². The van der Waals surface area contributed by atoms with E-state index in [1.807, 2.05) is 32.0 Å². The summed E-state index contributed by atoms with van der Waals surface area (Å²) in [5.74, 6) is -0.203. The molecule has 30 heavy (non-hydrogen) atoms. The Balaban J connectivity index is 1.62. The SMILES string of the molecule is Cc1[nH]nc(C(=O)Cc2cnc3[nH]c(-c4ccnc(C(=O)N(C)C)c4)cc3c2)c1C. The molecule has 0 unspecified atom stereocenters. The molecule has 1 amide bonds. The highest BCUT2D eigenvalue weighted by molar-refractivity contribution is 5.97. The number of Topliss-reactive ketones (excluding diaryl/α,β-unsaturated/α-hetero) is 1. The highest BCUT2D eigenvalue weighted by Gasteiger charge is 2.16. The molecule has 4 aromatic rings. The number of fused-ring (bicyclic) bond motifs is 1. The number of rotatable bonds is 5. The number of carbonyl (C=O) groups is 2. The van der Waals surface area contributed by atoms with Crippen molar-refractivity contribution in [3.8, 4) is 11.3 Å². The number of aromatic nitrogens is 5. The van der Waals surface area contributed by atoms with Gasteiger partial charge in [-0.2, -0.15) is 5.10 Å². The first kappa shape index (κ1) is 19.5. The molecule has 0 radical (unpaired) electrons. The Labute approximate surface area is 173 Å². The van der Waals surface area contributed by atoms with Gasteiger partial charge in [0.05, 0.1) is 0 Å². The molecule has 0 atom stereocenters. The topological polar surface area (TPSA) is 108 Å². The second-order valence-electron chi connectivity index (χ2n) is 7.52. The first-order chi connectivity index (χ1) is 14.3. The van der Waals surface area contributed by atoms with Crippen molar-refractivity contribution in [3.05, 3.63) is 64.9 Å². The normalized spacial score (nSPS) is 11.1. The average Bonchev–Trinajstić information content (AvgIpc) is 3.30. The van der Waals surface area contributed by atoms with Gasteiger partial charge in [-0.1, -0.05) is 0 Å². The Bertz CT molecular complexity index is 1270. The monoisotopic (exact) mass is 402 g/mol. The Morgan fingerprint density at radius 2 is 1.90 bits per heavy atom. The van der Waals surface area contributed by atoms with Gasteiger partial charge in [-0.3, -0.25) is 19.7 Å². The third kappa shape index (κ3) is 3.59. The van der Waals surface area contributed by atoms with Crippen LogP contribution in [-0.4, -0.2) is 55.8 Å². The molecular weight excluding hydrogens is 380 g/mol. The predicted molar refractivity (Wildman–Crippen MR) is 113 cm³/mol.